The minimum absolute atomic E-state index is 0.160. The number of aliphatic hydroxyl groups excluding tert-OH is 1. The molecule has 1 fully saturated rings. The van der Waals surface area contributed by atoms with Crippen LogP contribution in [0.5, 0.6) is 0 Å². The second kappa shape index (κ2) is 2.67. The van der Waals surface area contributed by atoms with Gasteiger partial charge in [0.1, 0.15) is 6.10 Å². The monoisotopic (exact) mass is 130 g/mol. The molecule has 0 aromatic carbocycles. The summed E-state index contributed by atoms with van der Waals surface area (Å²) in [6.45, 7) is 4.52. The summed E-state index contributed by atoms with van der Waals surface area (Å²) in [6, 6.07) is 0. The number of rotatable bonds is 3. The van der Waals surface area contributed by atoms with E-state index < -0.39 is 0 Å². The van der Waals surface area contributed by atoms with Crippen LogP contribution in [0.4, 0.5) is 0 Å². The van der Waals surface area contributed by atoms with Crippen LogP contribution in [0.15, 0.2) is 0 Å². The highest BCUT2D eigenvalue weighted by molar-refractivity contribution is 4.84. The molecule has 0 aliphatic carbocycles. The van der Waals surface area contributed by atoms with Crippen molar-refractivity contribution in [2.75, 3.05) is 6.61 Å². The molecule has 0 radical (unpaired) electrons. The van der Waals surface area contributed by atoms with E-state index in [9.17, 15) is 0 Å². The van der Waals surface area contributed by atoms with Crippen LogP contribution < -0.4 is 0 Å². The molecule has 2 unspecified atom stereocenters. The van der Waals surface area contributed by atoms with E-state index in [2.05, 4.69) is 13.8 Å². The Balaban J connectivity index is 2.05. The standard InChI is InChI=1S/C7H14O2/c1-5(2)3-6-7(4-8)9-6/h5-8H,3-4H2,1-2H3. The van der Waals surface area contributed by atoms with Crippen LogP contribution in [0.2, 0.25) is 0 Å². The minimum atomic E-state index is 0.160. The van der Waals surface area contributed by atoms with Crippen LogP contribution in [0.25, 0.3) is 0 Å². The first-order chi connectivity index (χ1) is 4.24. The second-order valence-corrected chi connectivity index (χ2v) is 3.03. The molecule has 1 N–H and O–H groups in total. The van der Waals surface area contributed by atoms with Gasteiger partial charge in [-0.1, -0.05) is 13.8 Å². The zero-order valence-corrected chi connectivity index (χ0v) is 6.00. The Kier molecular flexibility index (Phi) is 2.09. The van der Waals surface area contributed by atoms with Gasteiger partial charge in [0, 0.05) is 0 Å². The van der Waals surface area contributed by atoms with Crippen LogP contribution in [0.3, 0.4) is 0 Å². The minimum Gasteiger partial charge on any atom is -0.394 e. The average Bonchev–Trinajstić information content (AvgIpc) is 2.45. The van der Waals surface area contributed by atoms with Crippen LogP contribution in [0.1, 0.15) is 20.3 Å². The largest absolute Gasteiger partial charge is 0.394 e. The normalized spacial score (nSPS) is 33.3. The van der Waals surface area contributed by atoms with Gasteiger partial charge in [-0.2, -0.15) is 0 Å². The SMILES string of the molecule is CC(C)CC1OC1CO. The summed E-state index contributed by atoms with van der Waals surface area (Å²) in [7, 11) is 0. The third kappa shape index (κ3) is 1.95. The molecule has 0 spiro atoms. The quantitative estimate of drug-likeness (QED) is 0.573. The smallest absolute Gasteiger partial charge is 0.107 e. The molecule has 2 atom stereocenters. The Labute approximate surface area is 55.8 Å². The van der Waals surface area contributed by atoms with E-state index >= 15 is 0 Å². The van der Waals surface area contributed by atoms with Crippen molar-refractivity contribution in [2.45, 2.75) is 32.5 Å². The van der Waals surface area contributed by atoms with Gasteiger partial charge in [0.2, 0.25) is 0 Å². The summed E-state index contributed by atoms with van der Waals surface area (Å²) in [5.74, 6) is 0.687. The highest BCUT2D eigenvalue weighted by Gasteiger charge is 2.37. The topological polar surface area (TPSA) is 32.8 Å². The first kappa shape index (κ1) is 7.03. The fourth-order valence-electron chi connectivity index (χ4n) is 1.01. The zero-order chi connectivity index (χ0) is 6.85. The molecule has 1 aliphatic heterocycles. The van der Waals surface area contributed by atoms with Crippen molar-refractivity contribution >= 4 is 0 Å². The lowest BCUT2D eigenvalue weighted by Gasteiger charge is -1.97. The van der Waals surface area contributed by atoms with Crippen molar-refractivity contribution in [2.24, 2.45) is 5.92 Å². The van der Waals surface area contributed by atoms with E-state index in [1.54, 1.807) is 0 Å². The predicted molar refractivity (Wildman–Crippen MR) is 35.2 cm³/mol. The molecule has 1 heterocycles. The van der Waals surface area contributed by atoms with Gasteiger partial charge in [-0.3, -0.25) is 0 Å². The predicted octanol–water partition coefficient (Wildman–Crippen LogP) is 0.792. The molecule has 2 heteroatoms. The van der Waals surface area contributed by atoms with E-state index in [1.165, 1.54) is 0 Å². The van der Waals surface area contributed by atoms with Crippen LogP contribution in [-0.4, -0.2) is 23.9 Å². The Morgan fingerprint density at radius 3 is 2.44 bits per heavy atom. The molecule has 1 saturated heterocycles. The van der Waals surface area contributed by atoms with Gasteiger partial charge in [0.15, 0.2) is 0 Å². The molecule has 1 rings (SSSR count). The Hall–Kier alpha value is -0.0800. The molecule has 2 nitrogen and oxygen atoms in total. The first-order valence-electron chi connectivity index (χ1n) is 3.50. The molecule has 0 aromatic heterocycles. The van der Waals surface area contributed by atoms with Crippen molar-refractivity contribution in [1.82, 2.24) is 0 Å². The van der Waals surface area contributed by atoms with Gasteiger partial charge in [-0.05, 0) is 12.3 Å². The van der Waals surface area contributed by atoms with E-state index in [0.717, 1.165) is 6.42 Å². The first-order valence-corrected chi connectivity index (χ1v) is 3.50. The summed E-state index contributed by atoms with van der Waals surface area (Å²) in [5, 5.41) is 8.56. The van der Waals surface area contributed by atoms with E-state index in [4.69, 9.17) is 9.84 Å². The molecule has 0 saturated carbocycles. The number of hydrogen-bond donors (Lipinski definition) is 1. The van der Waals surface area contributed by atoms with Gasteiger partial charge >= 0.3 is 0 Å². The van der Waals surface area contributed by atoms with E-state index in [1.807, 2.05) is 0 Å². The molecule has 0 bridgehead atoms. The average molecular weight is 130 g/mol. The summed E-state index contributed by atoms with van der Waals surface area (Å²) < 4.78 is 5.13. The summed E-state index contributed by atoms with van der Waals surface area (Å²) in [6.07, 6.45) is 1.60. The van der Waals surface area contributed by atoms with Crippen LogP contribution >= 0.6 is 0 Å². The van der Waals surface area contributed by atoms with Crippen molar-refractivity contribution in [1.29, 1.82) is 0 Å². The van der Waals surface area contributed by atoms with Gasteiger partial charge in [0.25, 0.3) is 0 Å². The molecule has 1 aliphatic rings. The summed E-state index contributed by atoms with van der Waals surface area (Å²) in [5.41, 5.74) is 0. The Bertz CT molecular complexity index is 90.9. The number of hydrogen-bond acceptors (Lipinski definition) is 2. The Morgan fingerprint density at radius 2 is 2.11 bits per heavy atom. The summed E-state index contributed by atoms with van der Waals surface area (Å²) >= 11 is 0. The number of ether oxygens (including phenoxy) is 1. The van der Waals surface area contributed by atoms with Crippen LogP contribution in [0, 0.1) is 5.92 Å². The van der Waals surface area contributed by atoms with Gasteiger partial charge in [-0.15, -0.1) is 0 Å². The molecular weight excluding hydrogens is 116 g/mol. The maximum Gasteiger partial charge on any atom is 0.107 e. The van der Waals surface area contributed by atoms with Crippen molar-refractivity contribution in [3.63, 3.8) is 0 Å². The van der Waals surface area contributed by atoms with Gasteiger partial charge in [0.05, 0.1) is 12.7 Å². The van der Waals surface area contributed by atoms with Crippen LogP contribution in [-0.2, 0) is 4.74 Å². The second-order valence-electron chi connectivity index (χ2n) is 3.03. The highest BCUT2D eigenvalue weighted by Crippen LogP contribution is 2.27. The fourth-order valence-corrected chi connectivity index (χ4v) is 1.01. The van der Waals surface area contributed by atoms with Gasteiger partial charge < -0.3 is 9.84 Å². The number of epoxide rings is 1. The maximum absolute atomic E-state index is 8.56. The fraction of sp³-hybridized carbons (Fsp3) is 1.00. The maximum atomic E-state index is 8.56. The lowest BCUT2D eigenvalue weighted by atomic mass is 10.1. The molecule has 0 aromatic rings. The van der Waals surface area contributed by atoms with E-state index in [0.29, 0.717) is 12.0 Å². The third-order valence-corrected chi connectivity index (χ3v) is 1.57. The molecular formula is C7H14O2. The van der Waals surface area contributed by atoms with Crippen molar-refractivity contribution in [3.05, 3.63) is 0 Å². The molecule has 54 valence electrons. The molecule has 0 amide bonds. The highest BCUT2D eigenvalue weighted by atomic mass is 16.6. The Morgan fingerprint density at radius 1 is 1.44 bits per heavy atom. The number of aliphatic hydroxyl groups is 1. The third-order valence-electron chi connectivity index (χ3n) is 1.57. The lowest BCUT2D eigenvalue weighted by molar-refractivity contribution is 0.241. The lowest BCUT2D eigenvalue weighted by Crippen LogP contribution is -2.01. The zero-order valence-electron chi connectivity index (χ0n) is 6.00. The van der Waals surface area contributed by atoms with Crippen molar-refractivity contribution < 1.29 is 9.84 Å². The van der Waals surface area contributed by atoms with E-state index in [-0.39, 0.29) is 12.7 Å². The summed E-state index contributed by atoms with van der Waals surface area (Å²) in [4.78, 5) is 0. The van der Waals surface area contributed by atoms with Crippen molar-refractivity contribution in [3.8, 4) is 0 Å². The van der Waals surface area contributed by atoms with Gasteiger partial charge in [-0.25, -0.2) is 0 Å². The molecule has 9 heavy (non-hydrogen) atoms.